The predicted octanol–water partition coefficient (Wildman–Crippen LogP) is 1.71. The second-order valence-corrected chi connectivity index (χ2v) is 4.65. The summed E-state index contributed by atoms with van der Waals surface area (Å²) in [5, 5.41) is 1.54. The molecule has 2 heterocycles. The Labute approximate surface area is 108 Å². The second kappa shape index (κ2) is 3.98. The van der Waals surface area contributed by atoms with Crippen molar-refractivity contribution in [1.82, 2.24) is 14.9 Å². The number of aromatic amines is 2. The monoisotopic (exact) mass is 255 g/mol. The third-order valence-electron chi connectivity index (χ3n) is 3.19. The molecule has 3 aromatic rings. The summed E-state index contributed by atoms with van der Waals surface area (Å²) in [5.41, 5.74) is 1.46. The van der Waals surface area contributed by atoms with Gasteiger partial charge in [-0.25, -0.2) is 0 Å². The van der Waals surface area contributed by atoms with Crippen molar-refractivity contribution in [3.8, 4) is 0 Å². The molecule has 0 fully saturated rings. The van der Waals surface area contributed by atoms with Gasteiger partial charge in [-0.15, -0.1) is 0 Å². The number of carbonyl (C=O) groups is 1. The van der Waals surface area contributed by atoms with E-state index in [-0.39, 0.29) is 11.5 Å². The average Bonchev–Trinajstić information content (AvgIpc) is 2.83. The first kappa shape index (κ1) is 11.5. The van der Waals surface area contributed by atoms with Gasteiger partial charge in [-0.3, -0.25) is 9.59 Å². The average molecular weight is 255 g/mol. The van der Waals surface area contributed by atoms with E-state index in [4.69, 9.17) is 0 Å². The number of hydrogen-bond acceptors (Lipinski definition) is 2. The zero-order valence-electron chi connectivity index (χ0n) is 10.7. The third kappa shape index (κ3) is 1.62. The predicted molar refractivity (Wildman–Crippen MR) is 74.4 cm³/mol. The number of pyridine rings is 1. The van der Waals surface area contributed by atoms with Crippen molar-refractivity contribution in [3.05, 3.63) is 46.4 Å². The van der Waals surface area contributed by atoms with Crippen molar-refractivity contribution < 1.29 is 4.79 Å². The van der Waals surface area contributed by atoms with Crippen LogP contribution in [0.1, 0.15) is 10.4 Å². The van der Waals surface area contributed by atoms with Gasteiger partial charge >= 0.3 is 0 Å². The molecular formula is C14H13N3O2. The Bertz CT molecular complexity index is 843. The Balaban J connectivity index is 2.50. The molecule has 0 unspecified atom stereocenters. The number of H-pyrrole nitrogens is 2. The summed E-state index contributed by atoms with van der Waals surface area (Å²) in [6.45, 7) is 0. The lowest BCUT2D eigenvalue weighted by Crippen LogP contribution is -2.21. The van der Waals surface area contributed by atoms with E-state index in [9.17, 15) is 9.59 Å². The minimum atomic E-state index is -0.216. The number of aromatic nitrogens is 2. The van der Waals surface area contributed by atoms with Gasteiger partial charge in [0.2, 0.25) is 0 Å². The molecule has 0 aliphatic carbocycles. The highest BCUT2D eigenvalue weighted by Crippen LogP contribution is 2.24. The van der Waals surface area contributed by atoms with Crippen LogP contribution in [0.4, 0.5) is 0 Å². The van der Waals surface area contributed by atoms with Crippen molar-refractivity contribution in [2.45, 2.75) is 0 Å². The van der Waals surface area contributed by atoms with Gasteiger partial charge in [0.1, 0.15) is 5.52 Å². The number of nitrogens with one attached hydrogen (secondary N) is 2. The van der Waals surface area contributed by atoms with Crippen molar-refractivity contribution in [2.24, 2.45) is 0 Å². The summed E-state index contributed by atoms with van der Waals surface area (Å²) in [6, 6.07) is 7.46. The van der Waals surface area contributed by atoms with Gasteiger partial charge < -0.3 is 14.9 Å². The zero-order chi connectivity index (χ0) is 13.6. The maximum absolute atomic E-state index is 12.2. The van der Waals surface area contributed by atoms with Crippen molar-refractivity contribution >= 4 is 27.7 Å². The van der Waals surface area contributed by atoms with Gasteiger partial charge in [-0.1, -0.05) is 18.2 Å². The molecule has 3 rings (SSSR count). The van der Waals surface area contributed by atoms with E-state index in [1.54, 1.807) is 20.3 Å². The molecule has 2 N–H and O–H groups in total. The number of nitrogens with zero attached hydrogens (tertiary/aromatic N) is 1. The van der Waals surface area contributed by atoms with Crippen LogP contribution >= 0.6 is 0 Å². The highest BCUT2D eigenvalue weighted by Gasteiger charge is 2.17. The van der Waals surface area contributed by atoms with E-state index in [2.05, 4.69) is 9.97 Å². The van der Waals surface area contributed by atoms with Crippen LogP contribution in [0.5, 0.6) is 0 Å². The van der Waals surface area contributed by atoms with Crippen molar-refractivity contribution in [1.29, 1.82) is 0 Å². The van der Waals surface area contributed by atoms with E-state index in [1.807, 2.05) is 24.3 Å². The van der Waals surface area contributed by atoms with E-state index < -0.39 is 0 Å². The Kier molecular flexibility index (Phi) is 2.41. The van der Waals surface area contributed by atoms with Crippen molar-refractivity contribution in [3.63, 3.8) is 0 Å². The molecule has 0 aliphatic rings. The number of para-hydroxylation sites is 1. The first-order valence-corrected chi connectivity index (χ1v) is 5.93. The third-order valence-corrected chi connectivity index (χ3v) is 3.19. The molecule has 0 atom stereocenters. The van der Waals surface area contributed by atoms with Gasteiger partial charge in [0.05, 0.1) is 5.56 Å². The Morgan fingerprint density at radius 1 is 1.21 bits per heavy atom. The number of fused-ring (bicyclic) bond motifs is 3. The largest absolute Gasteiger partial charge is 0.356 e. The molecule has 19 heavy (non-hydrogen) atoms. The zero-order valence-corrected chi connectivity index (χ0v) is 10.7. The molecule has 96 valence electrons. The Morgan fingerprint density at radius 2 is 1.95 bits per heavy atom. The van der Waals surface area contributed by atoms with Gasteiger partial charge in [-0.2, -0.15) is 0 Å². The maximum atomic E-state index is 12.2. The number of rotatable bonds is 1. The fourth-order valence-corrected chi connectivity index (χ4v) is 2.29. The van der Waals surface area contributed by atoms with Crippen LogP contribution in [0.2, 0.25) is 0 Å². The summed E-state index contributed by atoms with van der Waals surface area (Å²) in [5.74, 6) is -0.123. The molecule has 0 bridgehead atoms. The lowest BCUT2D eigenvalue weighted by atomic mass is 10.1. The topological polar surface area (TPSA) is 69.0 Å². The molecule has 2 aromatic heterocycles. The summed E-state index contributed by atoms with van der Waals surface area (Å²) in [6.07, 6.45) is 1.59. The highest BCUT2D eigenvalue weighted by molar-refractivity contribution is 6.16. The van der Waals surface area contributed by atoms with Crippen LogP contribution in [0, 0.1) is 0 Å². The number of hydrogen-bond donors (Lipinski definition) is 2. The maximum Gasteiger partial charge on any atom is 0.272 e. The molecule has 0 aliphatic heterocycles. The molecule has 1 aromatic carbocycles. The summed E-state index contributed by atoms with van der Waals surface area (Å²) in [4.78, 5) is 31.3. The fraction of sp³-hybridized carbons (Fsp3) is 0.143. The van der Waals surface area contributed by atoms with Crippen molar-refractivity contribution in [2.75, 3.05) is 14.1 Å². The molecule has 1 amide bonds. The van der Waals surface area contributed by atoms with E-state index >= 15 is 0 Å². The number of amides is 1. The first-order chi connectivity index (χ1) is 9.09. The van der Waals surface area contributed by atoms with E-state index in [0.29, 0.717) is 16.5 Å². The van der Waals surface area contributed by atoms with Crippen LogP contribution in [-0.2, 0) is 0 Å². The van der Waals surface area contributed by atoms with Crippen LogP contribution in [0.15, 0.2) is 35.3 Å². The van der Waals surface area contributed by atoms with Crippen LogP contribution in [0.3, 0.4) is 0 Å². The highest BCUT2D eigenvalue weighted by atomic mass is 16.2. The van der Waals surface area contributed by atoms with Gasteiger partial charge in [0.15, 0.2) is 0 Å². The minimum Gasteiger partial charge on any atom is -0.356 e. The first-order valence-electron chi connectivity index (χ1n) is 5.93. The SMILES string of the molecule is CN(C)C(=O)c1c[nH]c2c(=O)[nH]c3ccccc3c12. The number of carbonyl (C=O) groups excluding carboxylic acids is 1. The molecule has 0 saturated heterocycles. The molecule has 0 radical (unpaired) electrons. The minimum absolute atomic E-state index is 0.123. The molecule has 5 heteroatoms. The van der Waals surface area contributed by atoms with Gasteiger partial charge in [-0.05, 0) is 6.07 Å². The Morgan fingerprint density at radius 3 is 2.68 bits per heavy atom. The normalized spacial score (nSPS) is 11.1. The fourth-order valence-electron chi connectivity index (χ4n) is 2.29. The lowest BCUT2D eigenvalue weighted by molar-refractivity contribution is 0.0829. The summed E-state index contributed by atoms with van der Waals surface area (Å²) < 4.78 is 0. The van der Waals surface area contributed by atoms with Crippen LogP contribution in [-0.4, -0.2) is 34.9 Å². The van der Waals surface area contributed by atoms with Crippen LogP contribution in [0.25, 0.3) is 21.8 Å². The van der Waals surface area contributed by atoms with Crippen LogP contribution < -0.4 is 5.56 Å². The van der Waals surface area contributed by atoms with Gasteiger partial charge in [0.25, 0.3) is 11.5 Å². The second-order valence-electron chi connectivity index (χ2n) is 4.65. The summed E-state index contributed by atoms with van der Waals surface area (Å²) in [7, 11) is 3.38. The molecule has 0 spiro atoms. The quantitative estimate of drug-likeness (QED) is 0.695. The summed E-state index contributed by atoms with van der Waals surface area (Å²) >= 11 is 0. The number of benzene rings is 1. The standard InChI is InChI=1S/C14H13N3O2/c1-17(2)14(19)9-7-15-12-11(9)8-5-3-4-6-10(8)16-13(12)18/h3-7,15H,1-2H3,(H,16,18). The van der Waals surface area contributed by atoms with E-state index in [0.717, 1.165) is 10.9 Å². The van der Waals surface area contributed by atoms with Gasteiger partial charge in [0, 0.05) is 36.6 Å². The molecular weight excluding hydrogens is 242 g/mol. The lowest BCUT2D eigenvalue weighted by Gasteiger charge is -2.09. The van der Waals surface area contributed by atoms with E-state index in [1.165, 1.54) is 4.90 Å². The molecule has 0 saturated carbocycles. The Hall–Kier alpha value is -2.56. The smallest absolute Gasteiger partial charge is 0.272 e. The molecule has 5 nitrogen and oxygen atoms in total.